The highest BCUT2D eigenvalue weighted by atomic mass is 32.2. The average molecular weight is 526 g/mol. The standard InChI is InChI=1S/C26H27N3O7S/c1-3-15-36-26(32)23-12-9-20(17-28-23)25(31)29-37(33,34)22-6-4-5-19(16-22)24(30)27-14-13-18-7-10-21(35-2)11-8-18/h4-12,16-17H,3,13-15H2,1-2H3,(H,27,30)(H,29,31). The quantitative estimate of drug-likeness (QED) is 0.364. The van der Waals surface area contributed by atoms with E-state index in [2.05, 4.69) is 10.3 Å². The first kappa shape index (κ1) is 27.3. The topological polar surface area (TPSA) is 141 Å². The molecule has 1 heterocycles. The molecular weight excluding hydrogens is 498 g/mol. The molecule has 3 aromatic rings. The highest BCUT2D eigenvalue weighted by molar-refractivity contribution is 7.90. The van der Waals surface area contributed by atoms with Gasteiger partial charge in [-0.15, -0.1) is 0 Å². The van der Waals surface area contributed by atoms with Crippen molar-refractivity contribution in [3.05, 3.63) is 89.2 Å². The van der Waals surface area contributed by atoms with Gasteiger partial charge in [0.15, 0.2) is 0 Å². The molecule has 1 aromatic heterocycles. The van der Waals surface area contributed by atoms with Crippen LogP contribution in [-0.4, -0.2) is 51.4 Å². The lowest BCUT2D eigenvalue weighted by Gasteiger charge is -2.10. The third-order valence-corrected chi connectivity index (χ3v) is 6.49. The Labute approximate surface area is 215 Å². The summed E-state index contributed by atoms with van der Waals surface area (Å²) < 4.78 is 37.6. The van der Waals surface area contributed by atoms with Crippen molar-refractivity contribution in [1.29, 1.82) is 0 Å². The van der Waals surface area contributed by atoms with Gasteiger partial charge in [-0.3, -0.25) is 9.59 Å². The normalized spacial score (nSPS) is 10.9. The third-order valence-electron chi connectivity index (χ3n) is 5.16. The molecule has 2 amide bonds. The van der Waals surface area contributed by atoms with Crippen molar-refractivity contribution in [3.8, 4) is 5.75 Å². The fourth-order valence-electron chi connectivity index (χ4n) is 3.18. The van der Waals surface area contributed by atoms with Crippen molar-refractivity contribution in [2.45, 2.75) is 24.7 Å². The molecule has 0 aliphatic rings. The van der Waals surface area contributed by atoms with E-state index in [9.17, 15) is 22.8 Å². The number of esters is 1. The average Bonchev–Trinajstić information content (AvgIpc) is 2.92. The maximum Gasteiger partial charge on any atom is 0.356 e. The summed E-state index contributed by atoms with van der Waals surface area (Å²) >= 11 is 0. The Kier molecular flexibility index (Phi) is 9.33. The first-order valence-corrected chi connectivity index (χ1v) is 12.9. The van der Waals surface area contributed by atoms with Crippen LogP contribution in [0, 0.1) is 0 Å². The van der Waals surface area contributed by atoms with Crippen molar-refractivity contribution >= 4 is 27.8 Å². The lowest BCUT2D eigenvalue weighted by molar-refractivity contribution is 0.0497. The van der Waals surface area contributed by atoms with Crippen LogP contribution in [0.5, 0.6) is 5.75 Å². The minimum absolute atomic E-state index is 0.00133. The van der Waals surface area contributed by atoms with Gasteiger partial charge in [-0.1, -0.05) is 25.1 Å². The van der Waals surface area contributed by atoms with E-state index in [0.29, 0.717) is 19.4 Å². The molecule has 0 atom stereocenters. The van der Waals surface area contributed by atoms with Crippen LogP contribution in [0.3, 0.4) is 0 Å². The predicted octanol–water partition coefficient (Wildman–Crippen LogP) is 2.75. The molecule has 0 unspecified atom stereocenters. The third kappa shape index (κ3) is 7.61. The van der Waals surface area contributed by atoms with Gasteiger partial charge in [-0.2, -0.15) is 0 Å². The molecule has 0 bridgehead atoms. The number of aromatic nitrogens is 1. The smallest absolute Gasteiger partial charge is 0.356 e. The van der Waals surface area contributed by atoms with Gasteiger partial charge in [0, 0.05) is 18.3 Å². The highest BCUT2D eigenvalue weighted by Crippen LogP contribution is 2.14. The Morgan fingerprint density at radius 2 is 1.70 bits per heavy atom. The van der Waals surface area contributed by atoms with Gasteiger partial charge >= 0.3 is 5.97 Å². The molecule has 37 heavy (non-hydrogen) atoms. The summed E-state index contributed by atoms with van der Waals surface area (Å²) in [6, 6.07) is 15.3. The summed E-state index contributed by atoms with van der Waals surface area (Å²) in [5.41, 5.74) is 1.06. The van der Waals surface area contributed by atoms with E-state index in [1.165, 1.54) is 36.4 Å². The van der Waals surface area contributed by atoms with Crippen LogP contribution in [-0.2, 0) is 21.2 Å². The summed E-state index contributed by atoms with van der Waals surface area (Å²) in [4.78, 5) is 40.5. The molecule has 0 spiro atoms. The van der Waals surface area contributed by atoms with Crippen LogP contribution in [0.1, 0.15) is 50.1 Å². The van der Waals surface area contributed by atoms with Gasteiger partial charge in [0.25, 0.3) is 21.8 Å². The number of nitrogens with one attached hydrogen (secondary N) is 2. The van der Waals surface area contributed by atoms with E-state index >= 15 is 0 Å². The second kappa shape index (κ2) is 12.6. The Bertz CT molecular complexity index is 1360. The molecule has 3 rings (SSSR count). The zero-order valence-electron chi connectivity index (χ0n) is 20.4. The number of pyridine rings is 1. The Morgan fingerprint density at radius 3 is 2.35 bits per heavy atom. The number of hydrogen-bond acceptors (Lipinski definition) is 8. The van der Waals surface area contributed by atoms with Crippen molar-refractivity contribution in [2.24, 2.45) is 0 Å². The largest absolute Gasteiger partial charge is 0.497 e. The monoisotopic (exact) mass is 525 g/mol. The van der Waals surface area contributed by atoms with Gasteiger partial charge in [0.2, 0.25) is 0 Å². The minimum Gasteiger partial charge on any atom is -0.497 e. The van der Waals surface area contributed by atoms with Crippen molar-refractivity contribution in [3.63, 3.8) is 0 Å². The van der Waals surface area contributed by atoms with Crippen LogP contribution >= 0.6 is 0 Å². The fourth-order valence-corrected chi connectivity index (χ4v) is 4.20. The van der Waals surface area contributed by atoms with Crippen LogP contribution in [0.15, 0.2) is 71.8 Å². The molecule has 2 aromatic carbocycles. The number of nitrogens with zero attached hydrogens (tertiary/aromatic N) is 1. The number of benzene rings is 2. The number of sulfonamides is 1. The first-order chi connectivity index (χ1) is 17.7. The molecule has 11 heteroatoms. The van der Waals surface area contributed by atoms with Gasteiger partial charge in [0.1, 0.15) is 11.4 Å². The number of ether oxygens (including phenoxy) is 2. The number of hydrogen-bond donors (Lipinski definition) is 2. The molecule has 0 aliphatic heterocycles. The number of amides is 2. The fraction of sp³-hybridized carbons (Fsp3) is 0.231. The zero-order valence-corrected chi connectivity index (χ0v) is 21.2. The number of rotatable bonds is 11. The van der Waals surface area contributed by atoms with E-state index in [1.807, 2.05) is 35.9 Å². The molecule has 0 aliphatic carbocycles. The molecule has 0 saturated heterocycles. The van der Waals surface area contributed by atoms with Gasteiger partial charge in [-0.05, 0) is 60.9 Å². The molecule has 194 valence electrons. The maximum absolute atomic E-state index is 12.8. The Balaban J connectivity index is 1.61. The summed E-state index contributed by atoms with van der Waals surface area (Å²) in [6.45, 7) is 2.43. The van der Waals surface area contributed by atoms with Gasteiger partial charge in [0.05, 0.1) is 24.2 Å². The minimum atomic E-state index is -4.28. The first-order valence-electron chi connectivity index (χ1n) is 11.4. The van der Waals surface area contributed by atoms with Gasteiger partial charge < -0.3 is 14.8 Å². The summed E-state index contributed by atoms with van der Waals surface area (Å²) in [5, 5.41) is 2.75. The van der Waals surface area contributed by atoms with Crippen molar-refractivity contribution in [1.82, 2.24) is 15.0 Å². The van der Waals surface area contributed by atoms with Crippen LogP contribution in [0.25, 0.3) is 0 Å². The molecule has 10 nitrogen and oxygen atoms in total. The lowest BCUT2D eigenvalue weighted by atomic mass is 10.1. The van der Waals surface area contributed by atoms with Crippen LogP contribution in [0.2, 0.25) is 0 Å². The number of carbonyl (C=O) groups excluding carboxylic acids is 3. The zero-order chi connectivity index (χ0) is 26.8. The van der Waals surface area contributed by atoms with Crippen molar-refractivity contribution < 1.29 is 32.3 Å². The SMILES string of the molecule is CCCOC(=O)c1ccc(C(=O)NS(=O)(=O)c2cccc(C(=O)NCCc3ccc(OC)cc3)c2)cn1. The van der Waals surface area contributed by atoms with E-state index in [-0.39, 0.29) is 28.3 Å². The Hall–Kier alpha value is -4.25. The molecule has 0 fully saturated rings. The van der Waals surface area contributed by atoms with E-state index in [4.69, 9.17) is 9.47 Å². The number of methoxy groups -OCH3 is 1. The summed E-state index contributed by atoms with van der Waals surface area (Å²) in [6.07, 6.45) is 2.31. The van der Waals surface area contributed by atoms with Gasteiger partial charge in [-0.25, -0.2) is 22.9 Å². The second-order valence-electron chi connectivity index (χ2n) is 7.88. The van der Waals surface area contributed by atoms with E-state index < -0.39 is 27.8 Å². The van der Waals surface area contributed by atoms with Crippen molar-refractivity contribution in [2.75, 3.05) is 20.3 Å². The van der Waals surface area contributed by atoms with Crippen LogP contribution in [0.4, 0.5) is 0 Å². The Morgan fingerprint density at radius 1 is 0.946 bits per heavy atom. The molecule has 2 N–H and O–H groups in total. The lowest BCUT2D eigenvalue weighted by Crippen LogP contribution is -2.31. The van der Waals surface area contributed by atoms with E-state index in [0.717, 1.165) is 17.5 Å². The molecule has 0 saturated carbocycles. The molecule has 0 radical (unpaired) electrons. The molecular formula is C26H27N3O7S. The summed E-state index contributed by atoms with van der Waals surface area (Å²) in [7, 11) is -2.70. The second-order valence-corrected chi connectivity index (χ2v) is 9.57. The van der Waals surface area contributed by atoms with Crippen LogP contribution < -0.4 is 14.8 Å². The number of carbonyl (C=O) groups is 3. The van der Waals surface area contributed by atoms with E-state index in [1.54, 1.807) is 7.11 Å². The highest BCUT2D eigenvalue weighted by Gasteiger charge is 2.21. The summed E-state index contributed by atoms with van der Waals surface area (Å²) in [5.74, 6) is -1.29. The predicted molar refractivity (Wildman–Crippen MR) is 135 cm³/mol. The maximum atomic E-state index is 12.8.